The van der Waals surface area contributed by atoms with Crippen molar-refractivity contribution in [3.05, 3.63) is 18.2 Å². The second-order valence-electron chi connectivity index (χ2n) is 17.3. The fraction of sp³-hybridized carbons (Fsp3) is 0.628. The van der Waals surface area contributed by atoms with Crippen molar-refractivity contribution in [3.8, 4) is 0 Å². The predicted octanol–water partition coefficient (Wildman–Crippen LogP) is -6.56. The number of aliphatic carboxylic acids is 2. The largest absolute Gasteiger partial charge is 0.481 e. The molecule has 9 amide bonds. The maximum absolute atomic E-state index is 14.1. The van der Waals surface area contributed by atoms with E-state index in [2.05, 4.69) is 62.5 Å². The van der Waals surface area contributed by atoms with Crippen molar-refractivity contribution in [1.82, 2.24) is 52.5 Å². The summed E-state index contributed by atoms with van der Waals surface area (Å²) >= 11 is 0. The number of carboxylic acid groups (broad SMARTS) is 2. The van der Waals surface area contributed by atoms with Crippen molar-refractivity contribution in [2.75, 3.05) is 19.6 Å². The number of primary amides is 1. The second-order valence-corrected chi connectivity index (χ2v) is 17.3. The van der Waals surface area contributed by atoms with Gasteiger partial charge < -0.3 is 92.1 Å². The van der Waals surface area contributed by atoms with E-state index in [0.717, 1.165) is 0 Å². The minimum Gasteiger partial charge on any atom is -0.481 e. The smallest absolute Gasteiger partial charge is 0.326 e. The third-order valence-corrected chi connectivity index (χ3v) is 11.3. The Morgan fingerprint density at radius 1 is 0.581 bits per heavy atom. The van der Waals surface area contributed by atoms with Crippen LogP contribution in [0.2, 0.25) is 0 Å². The van der Waals surface area contributed by atoms with Gasteiger partial charge in [0.25, 0.3) is 0 Å². The Morgan fingerprint density at radius 3 is 1.49 bits per heavy atom. The normalized spacial score (nSPS) is 14.9. The summed E-state index contributed by atoms with van der Waals surface area (Å²) in [6, 6.07) is -12.1. The topological polar surface area (TPSA) is 534 Å². The highest BCUT2D eigenvalue weighted by molar-refractivity contribution is 5.99. The predicted molar refractivity (Wildman–Crippen MR) is 265 cm³/mol. The van der Waals surface area contributed by atoms with Crippen molar-refractivity contribution in [2.24, 2.45) is 56.2 Å². The second kappa shape index (κ2) is 32.8. The number of aliphatic imine (C=N–C) groups is 2. The first-order valence-corrected chi connectivity index (χ1v) is 23.7. The molecule has 0 fully saturated rings. The molecule has 0 aliphatic heterocycles. The molecule has 31 heteroatoms. The number of nitrogens with zero attached hydrogens (tertiary/aromatic N) is 3. The van der Waals surface area contributed by atoms with Gasteiger partial charge in [-0.2, -0.15) is 0 Å². The van der Waals surface area contributed by atoms with E-state index in [1.165, 1.54) is 19.4 Å². The third kappa shape index (κ3) is 23.9. The van der Waals surface area contributed by atoms with E-state index >= 15 is 0 Å². The molecule has 31 nitrogen and oxygen atoms in total. The van der Waals surface area contributed by atoms with Gasteiger partial charge in [-0.25, -0.2) is 9.78 Å². The molecule has 0 saturated heterocycles. The molecule has 1 heterocycles. The van der Waals surface area contributed by atoms with Crippen LogP contribution in [0.5, 0.6) is 0 Å². The summed E-state index contributed by atoms with van der Waals surface area (Å²) in [6.45, 7) is 7.35. The van der Waals surface area contributed by atoms with Crippen LogP contribution in [0, 0.1) is 11.8 Å². The molecule has 1 rings (SSSR count). The number of hydrogen-bond donors (Lipinski definition) is 17. The molecule has 74 heavy (non-hydrogen) atoms. The maximum atomic E-state index is 14.1. The third-order valence-electron chi connectivity index (χ3n) is 11.3. The van der Waals surface area contributed by atoms with Crippen LogP contribution >= 0.6 is 0 Å². The number of aromatic amines is 1. The Bertz CT molecular complexity index is 2150. The van der Waals surface area contributed by atoms with Gasteiger partial charge in [0.1, 0.15) is 48.3 Å². The van der Waals surface area contributed by atoms with Crippen LogP contribution in [0.4, 0.5) is 0 Å². The van der Waals surface area contributed by atoms with Crippen LogP contribution in [-0.2, 0) is 59.2 Å². The van der Waals surface area contributed by atoms with Crippen LogP contribution in [0.1, 0.15) is 91.7 Å². The highest BCUT2D eigenvalue weighted by atomic mass is 16.4. The monoisotopic (exact) mass is 1050 g/mol. The summed E-state index contributed by atoms with van der Waals surface area (Å²) < 4.78 is 0. The number of carbonyl (C=O) groups is 11. The number of rotatable bonds is 35. The van der Waals surface area contributed by atoms with Gasteiger partial charge >= 0.3 is 11.9 Å². The number of aromatic nitrogens is 2. The van der Waals surface area contributed by atoms with Gasteiger partial charge in [-0.15, -0.1) is 0 Å². The summed E-state index contributed by atoms with van der Waals surface area (Å²) in [6.07, 6.45) is 1.31. The first-order valence-electron chi connectivity index (χ1n) is 23.7. The van der Waals surface area contributed by atoms with Gasteiger partial charge in [0.15, 0.2) is 11.9 Å². The summed E-state index contributed by atoms with van der Waals surface area (Å²) in [4.78, 5) is 159. The van der Waals surface area contributed by atoms with Gasteiger partial charge in [-0.05, 0) is 44.4 Å². The van der Waals surface area contributed by atoms with Gasteiger partial charge in [-0.1, -0.05) is 40.5 Å². The fourth-order valence-electron chi connectivity index (χ4n) is 6.79. The average Bonchev–Trinajstić information content (AvgIpc) is 3.85. The van der Waals surface area contributed by atoms with Crippen LogP contribution in [0.25, 0.3) is 0 Å². The number of nitrogens with two attached hydrogens (primary N) is 6. The first-order chi connectivity index (χ1) is 34.7. The maximum Gasteiger partial charge on any atom is 0.326 e. The molecule has 10 unspecified atom stereocenters. The van der Waals surface area contributed by atoms with Crippen LogP contribution < -0.4 is 76.9 Å². The minimum absolute atomic E-state index is 0.000577. The van der Waals surface area contributed by atoms with Gasteiger partial charge in [0.05, 0.1) is 25.7 Å². The van der Waals surface area contributed by atoms with E-state index in [-0.39, 0.29) is 63.5 Å². The zero-order chi connectivity index (χ0) is 56.2. The standard InChI is InChI=1S/C43H74N18O13/c1-6-20(3)32(40(72)59-26(14-23-18-50-19-53-23)38(70)58-28(16-31(64)65)39(71)61-33(41(73)74)21(4)7-2)60-34(66)22(5)54-37(69)27(15-29(45)62)57-36(68)25(11-9-13-52-43(48)49)56-35(67)24(55-30(63)17-44)10-8-12-51-42(46)47/h18-22,24-28,32-33H,6-17,44H2,1-5H3,(H2,45,62)(H,50,53)(H,54,69)(H,55,63)(H,56,67)(H,57,68)(H,58,70)(H,59,72)(H,60,66)(H,61,71)(H,64,65)(H,73,74)(H4,46,47,51)(H4,48,49,52). The number of nitrogens with one attached hydrogen (secondary N) is 9. The average molecular weight is 1050 g/mol. The van der Waals surface area contributed by atoms with E-state index in [1.807, 2.05) is 0 Å². The Kier molecular flexibility index (Phi) is 28.3. The summed E-state index contributed by atoms with van der Waals surface area (Å²) in [5.74, 6) is -13.4. The SMILES string of the molecule is CCC(C)C(NC(=O)C(CC(=O)O)NC(=O)C(Cc1cnc[nH]1)NC(=O)C(NC(=O)C(C)NC(=O)C(CC(N)=O)NC(=O)C(CCCN=C(N)N)NC(=O)C(CCCN=C(N)N)NC(=O)CN)C(C)CC)C(=O)O. The first kappa shape index (κ1) is 63.9. The number of carbonyl (C=O) groups excluding carboxylic acids is 9. The molecule has 414 valence electrons. The van der Waals surface area contributed by atoms with E-state index < -0.39 is 145 Å². The molecule has 0 spiro atoms. The zero-order valence-electron chi connectivity index (χ0n) is 42.1. The molecule has 0 aliphatic carbocycles. The molecule has 0 bridgehead atoms. The minimum atomic E-state index is -1.80. The summed E-state index contributed by atoms with van der Waals surface area (Å²) in [7, 11) is 0. The number of carboxylic acids is 2. The molecule has 1 aromatic rings. The number of amides is 9. The molecular weight excluding hydrogens is 977 g/mol. The van der Waals surface area contributed by atoms with E-state index in [4.69, 9.17) is 34.4 Å². The molecule has 0 saturated carbocycles. The lowest BCUT2D eigenvalue weighted by molar-refractivity contribution is -0.145. The van der Waals surface area contributed by atoms with Crippen LogP contribution in [0.15, 0.2) is 22.5 Å². The Morgan fingerprint density at radius 2 is 1.03 bits per heavy atom. The Hall–Kier alpha value is -8.12. The zero-order valence-corrected chi connectivity index (χ0v) is 42.1. The lowest BCUT2D eigenvalue weighted by Crippen LogP contribution is -2.61. The lowest BCUT2D eigenvalue weighted by Gasteiger charge is -2.29. The van der Waals surface area contributed by atoms with E-state index in [0.29, 0.717) is 12.1 Å². The van der Waals surface area contributed by atoms with E-state index in [1.54, 1.807) is 27.7 Å². The highest BCUT2D eigenvalue weighted by Crippen LogP contribution is 2.13. The Labute approximate surface area is 426 Å². The molecule has 0 aliphatic rings. The Balaban J connectivity index is 3.42. The number of hydrogen-bond acceptors (Lipinski definition) is 15. The molecule has 10 atom stereocenters. The molecule has 1 aromatic heterocycles. The van der Waals surface area contributed by atoms with Crippen molar-refractivity contribution < 1.29 is 63.0 Å². The number of H-pyrrole nitrogens is 1. The van der Waals surface area contributed by atoms with Crippen LogP contribution in [-0.4, -0.2) is 165 Å². The summed E-state index contributed by atoms with van der Waals surface area (Å²) in [5.41, 5.74) is 32.8. The van der Waals surface area contributed by atoms with Gasteiger partial charge in [0.2, 0.25) is 53.2 Å². The van der Waals surface area contributed by atoms with Crippen molar-refractivity contribution in [2.45, 2.75) is 141 Å². The van der Waals surface area contributed by atoms with E-state index in [9.17, 15) is 63.0 Å². The molecule has 0 aromatic carbocycles. The summed E-state index contributed by atoms with van der Waals surface area (Å²) in [5, 5.41) is 38.6. The van der Waals surface area contributed by atoms with Gasteiger partial charge in [-0.3, -0.25) is 57.9 Å². The number of guanidine groups is 2. The fourth-order valence-corrected chi connectivity index (χ4v) is 6.79. The quantitative estimate of drug-likeness (QED) is 0.0171. The van der Waals surface area contributed by atoms with Crippen molar-refractivity contribution in [3.63, 3.8) is 0 Å². The van der Waals surface area contributed by atoms with Gasteiger partial charge in [0, 0.05) is 31.4 Å². The highest BCUT2D eigenvalue weighted by Gasteiger charge is 2.36. The number of imidazole rings is 1. The molecule has 23 N–H and O–H groups in total. The van der Waals surface area contributed by atoms with Crippen molar-refractivity contribution in [1.29, 1.82) is 0 Å². The molecular formula is C43H74N18O13. The van der Waals surface area contributed by atoms with Crippen molar-refractivity contribution >= 4 is 77.0 Å². The van der Waals surface area contributed by atoms with Crippen LogP contribution in [0.3, 0.4) is 0 Å². The lowest BCUT2D eigenvalue weighted by atomic mass is 9.97. The molecule has 0 radical (unpaired) electrons.